The van der Waals surface area contributed by atoms with Gasteiger partial charge in [-0.05, 0) is 37.9 Å². The number of piperidine rings is 1. The highest BCUT2D eigenvalue weighted by atomic mass is 35.5. The number of nitrogens with one attached hydrogen (secondary N) is 1. The summed E-state index contributed by atoms with van der Waals surface area (Å²) in [6, 6.07) is 4.56. The minimum atomic E-state index is -3.62. The summed E-state index contributed by atoms with van der Waals surface area (Å²) in [5.74, 6) is 0.817. The number of nitrogens with two attached hydrogens (primary N) is 1. The quantitative estimate of drug-likeness (QED) is 0.651. The predicted octanol–water partition coefficient (Wildman–Crippen LogP) is 1.13. The lowest BCUT2D eigenvalue weighted by Crippen LogP contribution is -2.46. The van der Waals surface area contributed by atoms with Crippen LogP contribution in [-0.4, -0.2) is 58.5 Å². The first-order valence-corrected chi connectivity index (χ1v) is 10.1. The van der Waals surface area contributed by atoms with E-state index >= 15 is 0 Å². The summed E-state index contributed by atoms with van der Waals surface area (Å²) in [6.07, 6.45) is 2.22. The topological polar surface area (TPSA) is 111 Å². The van der Waals surface area contributed by atoms with E-state index < -0.39 is 10.0 Å². The van der Waals surface area contributed by atoms with Gasteiger partial charge in [0.1, 0.15) is 0 Å². The summed E-state index contributed by atoms with van der Waals surface area (Å²) in [6.45, 7) is 1.20. The molecule has 0 unspecified atom stereocenters. The molecule has 1 aliphatic heterocycles. The second kappa shape index (κ2) is 10.7. The Hall–Kier alpha value is -1.55. The van der Waals surface area contributed by atoms with Crippen LogP contribution in [0.2, 0.25) is 0 Å². The van der Waals surface area contributed by atoms with Crippen LogP contribution in [0.5, 0.6) is 11.5 Å². The fourth-order valence-corrected chi connectivity index (χ4v) is 4.41. The highest BCUT2D eigenvalue weighted by Gasteiger charge is 2.30. The molecule has 27 heavy (non-hydrogen) atoms. The molecule has 0 spiro atoms. The van der Waals surface area contributed by atoms with E-state index in [1.807, 2.05) is 0 Å². The Labute approximate surface area is 166 Å². The van der Waals surface area contributed by atoms with Crippen molar-refractivity contribution in [1.82, 2.24) is 9.62 Å². The third-order valence-corrected chi connectivity index (χ3v) is 6.31. The zero-order valence-corrected chi connectivity index (χ0v) is 17.3. The maximum Gasteiger partial charge on any atom is 0.243 e. The number of hydrogen-bond donors (Lipinski definition) is 2. The molecule has 1 aromatic carbocycles. The lowest BCUT2D eigenvalue weighted by molar-refractivity contribution is -0.122. The maximum absolute atomic E-state index is 12.9. The Morgan fingerprint density at radius 3 is 2.41 bits per heavy atom. The van der Waals surface area contributed by atoms with Crippen LogP contribution in [-0.2, 0) is 14.8 Å². The molecule has 1 heterocycles. The summed E-state index contributed by atoms with van der Waals surface area (Å²) < 4.78 is 37.5. The fraction of sp³-hybridized carbons (Fsp3) is 0.588. The molecule has 0 aliphatic carbocycles. The smallest absolute Gasteiger partial charge is 0.243 e. The maximum atomic E-state index is 12.9. The molecule has 0 bridgehead atoms. The Morgan fingerprint density at radius 1 is 1.22 bits per heavy atom. The number of amides is 1. The van der Waals surface area contributed by atoms with Gasteiger partial charge in [-0.3, -0.25) is 4.79 Å². The van der Waals surface area contributed by atoms with E-state index in [1.54, 1.807) is 6.07 Å². The Kier molecular flexibility index (Phi) is 9.31. The number of carbonyl (C=O) groups excluding carboxylic acids is 1. The van der Waals surface area contributed by atoms with E-state index in [4.69, 9.17) is 15.2 Å². The summed E-state index contributed by atoms with van der Waals surface area (Å²) in [4.78, 5) is 11.9. The average Bonchev–Trinajstić information content (AvgIpc) is 2.66. The summed E-state index contributed by atoms with van der Waals surface area (Å²) >= 11 is 0. The third kappa shape index (κ3) is 5.97. The van der Waals surface area contributed by atoms with Gasteiger partial charge in [0, 0.05) is 31.6 Å². The largest absolute Gasteiger partial charge is 0.493 e. The SMILES string of the molecule is COc1ccc(S(=O)(=O)N2CCC(NC(=O)CCCN)CC2)cc1OC.Cl. The van der Waals surface area contributed by atoms with E-state index in [0.717, 1.165) is 0 Å². The first-order chi connectivity index (χ1) is 12.4. The predicted molar refractivity (Wildman–Crippen MR) is 105 cm³/mol. The van der Waals surface area contributed by atoms with E-state index in [0.29, 0.717) is 56.8 Å². The standard InChI is InChI=1S/C17H27N3O5S.ClH/c1-24-15-6-5-14(12-16(15)25-2)26(22,23)20-10-7-13(8-11-20)19-17(21)4-3-9-18;/h5-6,12-13H,3-4,7-11,18H2,1-2H3,(H,19,21);1H. The van der Waals surface area contributed by atoms with Gasteiger partial charge in [0.15, 0.2) is 11.5 Å². The van der Waals surface area contributed by atoms with Crippen LogP contribution in [0.15, 0.2) is 23.1 Å². The van der Waals surface area contributed by atoms with Gasteiger partial charge < -0.3 is 20.5 Å². The average molecular weight is 422 g/mol. The van der Waals surface area contributed by atoms with Crippen molar-refractivity contribution in [3.63, 3.8) is 0 Å². The minimum Gasteiger partial charge on any atom is -0.493 e. The van der Waals surface area contributed by atoms with E-state index in [1.165, 1.54) is 30.7 Å². The number of carbonyl (C=O) groups is 1. The summed E-state index contributed by atoms with van der Waals surface area (Å²) in [5, 5.41) is 2.95. The van der Waals surface area contributed by atoms with Crippen molar-refractivity contribution in [2.45, 2.75) is 36.6 Å². The van der Waals surface area contributed by atoms with Gasteiger partial charge in [0.05, 0.1) is 19.1 Å². The van der Waals surface area contributed by atoms with Crippen molar-refractivity contribution in [2.24, 2.45) is 5.73 Å². The van der Waals surface area contributed by atoms with E-state index in [9.17, 15) is 13.2 Å². The first kappa shape index (κ1) is 23.5. The van der Waals surface area contributed by atoms with Crippen molar-refractivity contribution in [2.75, 3.05) is 33.9 Å². The molecule has 0 atom stereocenters. The zero-order chi connectivity index (χ0) is 19.2. The highest BCUT2D eigenvalue weighted by Crippen LogP contribution is 2.31. The lowest BCUT2D eigenvalue weighted by atomic mass is 10.1. The normalized spacial score (nSPS) is 15.7. The molecular formula is C17H28ClN3O5S. The molecule has 2 rings (SSSR count). The lowest BCUT2D eigenvalue weighted by Gasteiger charge is -2.31. The molecule has 0 saturated carbocycles. The van der Waals surface area contributed by atoms with Gasteiger partial charge in [-0.2, -0.15) is 4.31 Å². The Balaban J connectivity index is 0.00000364. The number of halogens is 1. The monoisotopic (exact) mass is 421 g/mol. The van der Waals surface area contributed by atoms with Crippen molar-refractivity contribution in [1.29, 1.82) is 0 Å². The Bertz CT molecular complexity index is 721. The number of ether oxygens (including phenoxy) is 2. The molecule has 1 amide bonds. The van der Waals surface area contributed by atoms with Gasteiger partial charge in [-0.25, -0.2) is 8.42 Å². The minimum absolute atomic E-state index is 0. The Morgan fingerprint density at radius 2 is 1.85 bits per heavy atom. The van der Waals surface area contributed by atoms with Gasteiger partial charge in [0.25, 0.3) is 0 Å². The van der Waals surface area contributed by atoms with Crippen molar-refractivity contribution >= 4 is 28.3 Å². The summed E-state index contributed by atoms with van der Waals surface area (Å²) in [5.41, 5.74) is 5.40. The molecule has 8 nitrogen and oxygen atoms in total. The van der Waals surface area contributed by atoms with E-state index in [2.05, 4.69) is 5.32 Å². The number of sulfonamides is 1. The molecule has 0 aromatic heterocycles. The van der Waals surface area contributed by atoms with Crippen molar-refractivity contribution in [3.8, 4) is 11.5 Å². The van der Waals surface area contributed by atoms with Crippen LogP contribution in [0, 0.1) is 0 Å². The van der Waals surface area contributed by atoms with Crippen LogP contribution >= 0.6 is 12.4 Å². The van der Waals surface area contributed by atoms with Crippen LogP contribution in [0.4, 0.5) is 0 Å². The van der Waals surface area contributed by atoms with Crippen LogP contribution in [0.1, 0.15) is 25.7 Å². The molecule has 1 saturated heterocycles. The van der Waals surface area contributed by atoms with Gasteiger partial charge >= 0.3 is 0 Å². The van der Waals surface area contributed by atoms with Crippen molar-refractivity contribution in [3.05, 3.63) is 18.2 Å². The first-order valence-electron chi connectivity index (χ1n) is 8.64. The van der Waals surface area contributed by atoms with Crippen LogP contribution in [0.3, 0.4) is 0 Å². The van der Waals surface area contributed by atoms with Gasteiger partial charge in [-0.1, -0.05) is 0 Å². The second-order valence-electron chi connectivity index (χ2n) is 6.15. The molecule has 10 heteroatoms. The fourth-order valence-electron chi connectivity index (χ4n) is 2.93. The highest BCUT2D eigenvalue weighted by molar-refractivity contribution is 7.89. The van der Waals surface area contributed by atoms with Crippen molar-refractivity contribution < 1.29 is 22.7 Å². The molecule has 1 aliphatic rings. The summed E-state index contributed by atoms with van der Waals surface area (Å²) in [7, 11) is -0.653. The number of benzene rings is 1. The molecular weight excluding hydrogens is 394 g/mol. The number of methoxy groups -OCH3 is 2. The number of hydrogen-bond acceptors (Lipinski definition) is 6. The molecule has 154 valence electrons. The molecule has 3 N–H and O–H groups in total. The molecule has 0 radical (unpaired) electrons. The van der Waals surface area contributed by atoms with Crippen LogP contribution in [0.25, 0.3) is 0 Å². The third-order valence-electron chi connectivity index (χ3n) is 4.42. The second-order valence-corrected chi connectivity index (χ2v) is 8.09. The molecule has 1 aromatic rings. The number of rotatable bonds is 8. The molecule has 1 fully saturated rings. The van der Waals surface area contributed by atoms with Gasteiger partial charge in [0.2, 0.25) is 15.9 Å². The zero-order valence-electron chi connectivity index (χ0n) is 15.6. The van der Waals surface area contributed by atoms with E-state index in [-0.39, 0.29) is 29.3 Å². The van der Waals surface area contributed by atoms with Crippen LogP contribution < -0.4 is 20.5 Å². The van der Waals surface area contributed by atoms with Gasteiger partial charge in [-0.15, -0.1) is 12.4 Å². The number of nitrogens with zero attached hydrogens (tertiary/aromatic N) is 1.